The summed E-state index contributed by atoms with van der Waals surface area (Å²) < 4.78 is 4.48. The quantitative estimate of drug-likeness (QED) is 0.650. The Bertz CT molecular complexity index is 203. The molecule has 3 nitrogen and oxygen atoms in total. The first-order valence-electron chi connectivity index (χ1n) is 5.58. The summed E-state index contributed by atoms with van der Waals surface area (Å²) in [7, 11) is 1.40. The maximum atomic E-state index is 10.8. The minimum Gasteiger partial charge on any atom is -0.469 e. The molecule has 0 spiro atoms. The Kier molecular flexibility index (Phi) is 7.30. The van der Waals surface area contributed by atoms with Crippen LogP contribution in [-0.2, 0) is 14.3 Å². The number of rotatable bonds is 1. The highest BCUT2D eigenvalue weighted by Gasteiger charge is 2.21. The van der Waals surface area contributed by atoms with Crippen LogP contribution in [0, 0.1) is 10.8 Å². The first-order valence-corrected chi connectivity index (χ1v) is 5.58. The molecule has 3 heteroatoms. The van der Waals surface area contributed by atoms with Crippen LogP contribution in [0.15, 0.2) is 0 Å². The number of ether oxygens (including phenoxy) is 1. The number of hydrogen-bond acceptors (Lipinski definition) is 3. The number of carbonyl (C=O) groups is 2. The highest BCUT2D eigenvalue weighted by molar-refractivity contribution is 5.83. The molecule has 96 valence electrons. The van der Waals surface area contributed by atoms with E-state index in [1.807, 2.05) is 48.5 Å². The predicted molar refractivity (Wildman–Crippen MR) is 66.2 cm³/mol. The van der Waals surface area contributed by atoms with Gasteiger partial charge in [0.15, 0.2) is 0 Å². The van der Waals surface area contributed by atoms with Crippen molar-refractivity contribution in [3.8, 4) is 0 Å². The normalized spacial score (nSPS) is 11.2. The molecule has 0 amide bonds. The third-order valence-corrected chi connectivity index (χ3v) is 1.96. The first-order chi connectivity index (χ1) is 6.96. The van der Waals surface area contributed by atoms with Gasteiger partial charge < -0.3 is 4.74 Å². The van der Waals surface area contributed by atoms with Gasteiger partial charge >= 0.3 is 5.97 Å². The molecule has 0 aromatic carbocycles. The molecule has 0 aromatic rings. The van der Waals surface area contributed by atoms with E-state index in [0.717, 1.165) is 0 Å². The van der Waals surface area contributed by atoms with Crippen molar-refractivity contribution in [1.82, 2.24) is 0 Å². The molecule has 0 heterocycles. The summed E-state index contributed by atoms with van der Waals surface area (Å²) in [5.41, 5.74) is -0.483. The number of carbonyl (C=O) groups excluding carboxylic acids is 2. The van der Waals surface area contributed by atoms with Gasteiger partial charge in [-0.15, -0.1) is 0 Å². The zero-order chi connectivity index (χ0) is 13.6. The second-order valence-corrected chi connectivity index (χ2v) is 5.77. The van der Waals surface area contributed by atoms with E-state index in [4.69, 9.17) is 0 Å². The summed E-state index contributed by atoms with van der Waals surface area (Å²) in [5.74, 6) is 0.162. The van der Waals surface area contributed by atoms with Gasteiger partial charge in [-0.25, -0.2) is 0 Å². The molecule has 0 unspecified atom stereocenters. The molecule has 0 saturated heterocycles. The van der Waals surface area contributed by atoms with Crippen molar-refractivity contribution in [3.63, 3.8) is 0 Å². The molecule has 0 aliphatic heterocycles. The van der Waals surface area contributed by atoms with E-state index >= 15 is 0 Å². The third-order valence-electron chi connectivity index (χ3n) is 1.96. The van der Waals surface area contributed by atoms with Gasteiger partial charge in [0, 0.05) is 11.8 Å². The van der Waals surface area contributed by atoms with Crippen LogP contribution in [0.3, 0.4) is 0 Å². The molecule has 0 saturated carbocycles. The Morgan fingerprint density at radius 1 is 0.938 bits per heavy atom. The molecule has 0 N–H and O–H groups in total. The van der Waals surface area contributed by atoms with E-state index in [1.54, 1.807) is 0 Å². The summed E-state index contributed by atoms with van der Waals surface area (Å²) in [4.78, 5) is 21.4. The standard InChI is InChI=1S/C7H14O.C6H12O2/c1-5-6(8)7(2,3)4;1-6(2,3)5(7)8-4/h5H2,1-4H3;1-4H3. The Morgan fingerprint density at radius 2 is 1.31 bits per heavy atom. The maximum absolute atomic E-state index is 10.8. The number of ketones is 1. The van der Waals surface area contributed by atoms with E-state index < -0.39 is 0 Å². The lowest BCUT2D eigenvalue weighted by molar-refractivity contribution is -0.149. The highest BCUT2D eigenvalue weighted by Crippen LogP contribution is 2.15. The molecule has 16 heavy (non-hydrogen) atoms. The molecular weight excluding hydrogens is 204 g/mol. The molecule has 0 aromatic heterocycles. The summed E-state index contributed by atoms with van der Waals surface area (Å²) in [6.45, 7) is 13.2. The van der Waals surface area contributed by atoms with Crippen LogP contribution < -0.4 is 0 Å². The fourth-order valence-corrected chi connectivity index (χ4v) is 0.837. The van der Waals surface area contributed by atoms with Crippen LogP contribution in [0.4, 0.5) is 0 Å². The number of esters is 1. The van der Waals surface area contributed by atoms with Crippen molar-refractivity contribution in [3.05, 3.63) is 0 Å². The van der Waals surface area contributed by atoms with Gasteiger partial charge in [0.1, 0.15) is 5.78 Å². The molecule has 0 atom stereocenters. The third kappa shape index (κ3) is 8.45. The van der Waals surface area contributed by atoms with Crippen molar-refractivity contribution in [1.29, 1.82) is 0 Å². The molecule has 0 bridgehead atoms. The van der Waals surface area contributed by atoms with Crippen molar-refractivity contribution >= 4 is 11.8 Å². The average molecular weight is 230 g/mol. The van der Waals surface area contributed by atoms with Gasteiger partial charge in [-0.3, -0.25) is 9.59 Å². The van der Waals surface area contributed by atoms with E-state index in [0.29, 0.717) is 12.2 Å². The SMILES string of the molecule is CCC(=O)C(C)(C)C.COC(=O)C(C)(C)C. The van der Waals surface area contributed by atoms with E-state index in [-0.39, 0.29) is 16.8 Å². The number of methoxy groups -OCH3 is 1. The number of hydrogen-bond donors (Lipinski definition) is 0. The monoisotopic (exact) mass is 230 g/mol. The van der Waals surface area contributed by atoms with Crippen LogP contribution in [0.1, 0.15) is 54.9 Å². The maximum Gasteiger partial charge on any atom is 0.310 e. The lowest BCUT2D eigenvalue weighted by Crippen LogP contribution is -2.21. The zero-order valence-electron chi connectivity index (χ0n) is 11.9. The van der Waals surface area contributed by atoms with Crippen molar-refractivity contribution in [2.45, 2.75) is 54.9 Å². The molecule has 0 rings (SSSR count). The largest absolute Gasteiger partial charge is 0.469 e. The van der Waals surface area contributed by atoms with E-state index in [1.165, 1.54) is 7.11 Å². The summed E-state index contributed by atoms with van der Waals surface area (Å²) in [6.07, 6.45) is 0.656. The Hall–Kier alpha value is -0.860. The molecule has 0 radical (unpaired) electrons. The van der Waals surface area contributed by atoms with Gasteiger partial charge in [0.25, 0.3) is 0 Å². The second-order valence-electron chi connectivity index (χ2n) is 5.77. The Labute approximate surface area is 99.6 Å². The van der Waals surface area contributed by atoms with Crippen molar-refractivity contribution < 1.29 is 14.3 Å². The first kappa shape index (κ1) is 17.5. The lowest BCUT2D eigenvalue weighted by atomic mass is 9.90. The summed E-state index contributed by atoms with van der Waals surface area (Å²) >= 11 is 0. The van der Waals surface area contributed by atoms with Gasteiger partial charge in [-0.2, -0.15) is 0 Å². The van der Waals surface area contributed by atoms with Crippen LogP contribution in [-0.4, -0.2) is 18.9 Å². The van der Waals surface area contributed by atoms with Crippen LogP contribution in [0.2, 0.25) is 0 Å². The van der Waals surface area contributed by atoms with Gasteiger partial charge in [-0.1, -0.05) is 27.7 Å². The van der Waals surface area contributed by atoms with Gasteiger partial charge in [-0.05, 0) is 20.8 Å². The minimum atomic E-state index is -0.352. The van der Waals surface area contributed by atoms with Crippen molar-refractivity contribution in [2.75, 3.05) is 7.11 Å². The molecular formula is C13H26O3. The topological polar surface area (TPSA) is 43.4 Å². The van der Waals surface area contributed by atoms with Gasteiger partial charge in [0.05, 0.1) is 12.5 Å². The fourth-order valence-electron chi connectivity index (χ4n) is 0.837. The average Bonchev–Trinajstić information content (AvgIpc) is 2.13. The highest BCUT2D eigenvalue weighted by atomic mass is 16.5. The Balaban J connectivity index is 0. The van der Waals surface area contributed by atoms with E-state index in [9.17, 15) is 9.59 Å². The Morgan fingerprint density at radius 3 is 1.31 bits per heavy atom. The summed E-state index contributed by atoms with van der Waals surface area (Å²) in [6, 6.07) is 0. The van der Waals surface area contributed by atoms with E-state index in [2.05, 4.69) is 4.74 Å². The molecule has 0 aliphatic carbocycles. The van der Waals surface area contributed by atoms with Crippen LogP contribution in [0.25, 0.3) is 0 Å². The van der Waals surface area contributed by atoms with Gasteiger partial charge in [0.2, 0.25) is 0 Å². The summed E-state index contributed by atoms with van der Waals surface area (Å²) in [5, 5.41) is 0. The zero-order valence-corrected chi connectivity index (χ0v) is 11.9. The van der Waals surface area contributed by atoms with Crippen LogP contribution in [0.5, 0.6) is 0 Å². The van der Waals surface area contributed by atoms with Crippen LogP contribution >= 0.6 is 0 Å². The fraction of sp³-hybridized carbons (Fsp3) is 0.846. The minimum absolute atomic E-state index is 0.130. The predicted octanol–water partition coefficient (Wildman–Crippen LogP) is 3.22. The number of Topliss-reactive ketones (excluding diaryl/α,β-unsaturated/α-hetero) is 1. The second kappa shape index (κ2) is 6.66. The molecule has 0 fully saturated rings. The molecule has 0 aliphatic rings. The van der Waals surface area contributed by atoms with Crippen molar-refractivity contribution in [2.24, 2.45) is 10.8 Å². The smallest absolute Gasteiger partial charge is 0.310 e. The lowest BCUT2D eigenvalue weighted by Gasteiger charge is -2.13.